The number of carbonyl (C=O) groups excluding carboxylic acids is 1. The number of rotatable bonds is 6. The molecule has 2 aromatic rings. The van der Waals surface area contributed by atoms with Gasteiger partial charge in [0.05, 0.1) is 17.2 Å². The zero-order valence-electron chi connectivity index (χ0n) is 14.3. The van der Waals surface area contributed by atoms with Crippen molar-refractivity contribution in [3.05, 3.63) is 55.6 Å². The van der Waals surface area contributed by atoms with Crippen molar-refractivity contribution >= 4 is 11.7 Å². The maximum Gasteiger partial charge on any atom is 0.345 e. The number of ether oxygens (including phenoxy) is 1. The monoisotopic (exact) mass is 345 g/mol. The van der Waals surface area contributed by atoms with E-state index in [1.165, 1.54) is 6.07 Å². The summed E-state index contributed by atoms with van der Waals surface area (Å²) >= 11 is 0. The van der Waals surface area contributed by atoms with E-state index in [1.807, 2.05) is 6.92 Å². The van der Waals surface area contributed by atoms with Gasteiger partial charge in [-0.25, -0.2) is 9.59 Å². The molecule has 0 atom stereocenters. The first kappa shape index (κ1) is 18.3. The second-order valence-electron chi connectivity index (χ2n) is 5.47. The van der Waals surface area contributed by atoms with Gasteiger partial charge in [0.15, 0.2) is 0 Å². The van der Waals surface area contributed by atoms with E-state index in [2.05, 4.69) is 9.97 Å². The fourth-order valence-corrected chi connectivity index (χ4v) is 2.54. The van der Waals surface area contributed by atoms with Gasteiger partial charge in [-0.3, -0.25) is 10.1 Å². The first-order chi connectivity index (χ1) is 11.9. The molecule has 0 aliphatic heterocycles. The predicted octanol–water partition coefficient (Wildman–Crippen LogP) is 2.78. The van der Waals surface area contributed by atoms with Gasteiger partial charge in [-0.05, 0) is 20.3 Å². The Morgan fingerprint density at radius 3 is 2.68 bits per heavy atom. The summed E-state index contributed by atoms with van der Waals surface area (Å²) in [5.74, 6) is -0.618. The molecule has 0 amide bonds. The largest absolute Gasteiger partial charge is 0.462 e. The van der Waals surface area contributed by atoms with Crippen LogP contribution < -0.4 is 5.69 Å². The number of hydrogen-bond donors (Lipinski definition) is 1. The molecule has 8 nitrogen and oxygen atoms in total. The highest BCUT2D eigenvalue weighted by Crippen LogP contribution is 2.29. The lowest BCUT2D eigenvalue weighted by Gasteiger charge is -2.12. The molecule has 0 saturated carbocycles. The fraction of sp³-hybridized carbons (Fsp3) is 0.353. The van der Waals surface area contributed by atoms with Crippen LogP contribution in [-0.4, -0.2) is 27.5 Å². The molecule has 0 radical (unpaired) electrons. The van der Waals surface area contributed by atoms with Gasteiger partial charge in [-0.2, -0.15) is 4.98 Å². The smallest absolute Gasteiger partial charge is 0.345 e. The van der Waals surface area contributed by atoms with Gasteiger partial charge in [-0.1, -0.05) is 25.5 Å². The van der Waals surface area contributed by atoms with Crippen LogP contribution in [0.1, 0.15) is 41.9 Å². The van der Waals surface area contributed by atoms with Crippen LogP contribution in [-0.2, 0) is 11.2 Å². The summed E-state index contributed by atoms with van der Waals surface area (Å²) in [5.41, 5.74) is 0.726. The van der Waals surface area contributed by atoms with Crippen LogP contribution in [0.25, 0.3) is 11.3 Å². The molecular formula is C17H19N3O5. The van der Waals surface area contributed by atoms with Crippen molar-refractivity contribution in [2.24, 2.45) is 0 Å². The molecule has 1 heterocycles. The number of nitro benzene ring substituents is 1. The van der Waals surface area contributed by atoms with Crippen molar-refractivity contribution < 1.29 is 14.5 Å². The predicted molar refractivity (Wildman–Crippen MR) is 91.6 cm³/mol. The van der Waals surface area contributed by atoms with E-state index >= 15 is 0 Å². The van der Waals surface area contributed by atoms with Crippen LogP contribution in [0, 0.1) is 17.0 Å². The Hall–Kier alpha value is -3.03. The topological polar surface area (TPSA) is 115 Å². The molecule has 1 aromatic carbocycles. The molecule has 0 bridgehead atoms. The van der Waals surface area contributed by atoms with Gasteiger partial charge in [0.2, 0.25) is 0 Å². The Morgan fingerprint density at radius 1 is 1.36 bits per heavy atom. The van der Waals surface area contributed by atoms with Gasteiger partial charge in [0.1, 0.15) is 5.56 Å². The molecule has 25 heavy (non-hydrogen) atoms. The third-order valence-corrected chi connectivity index (χ3v) is 3.67. The van der Waals surface area contributed by atoms with Crippen LogP contribution in [0.4, 0.5) is 5.69 Å². The molecule has 0 saturated heterocycles. The van der Waals surface area contributed by atoms with Crippen LogP contribution >= 0.6 is 0 Å². The number of hydrogen-bond acceptors (Lipinski definition) is 6. The van der Waals surface area contributed by atoms with Crippen LogP contribution in [0.2, 0.25) is 0 Å². The van der Waals surface area contributed by atoms with Gasteiger partial charge in [0.25, 0.3) is 5.69 Å². The minimum absolute atomic E-state index is 0.0914. The van der Waals surface area contributed by atoms with E-state index in [-0.39, 0.29) is 23.6 Å². The Bertz CT molecular complexity index is 873. The average molecular weight is 345 g/mol. The molecule has 8 heteroatoms. The number of nitrogens with zero attached hydrogens (tertiary/aromatic N) is 2. The first-order valence-electron chi connectivity index (χ1n) is 7.94. The summed E-state index contributed by atoms with van der Waals surface area (Å²) in [5, 5.41) is 11.2. The number of carbonyl (C=O) groups is 1. The Kier molecular flexibility index (Phi) is 5.63. The maximum atomic E-state index is 12.4. The fourth-order valence-electron chi connectivity index (χ4n) is 2.54. The SMILES string of the molecule is CCCc1[nH]c(=O)nc(-c2ccc(C)c([N+](=O)[O-])c2)c1C(=O)OCC. The van der Waals surface area contributed by atoms with Crippen molar-refractivity contribution in [3.8, 4) is 11.3 Å². The Labute approximate surface area is 144 Å². The highest BCUT2D eigenvalue weighted by atomic mass is 16.6. The normalized spacial score (nSPS) is 10.5. The third-order valence-electron chi connectivity index (χ3n) is 3.67. The highest BCUT2D eigenvalue weighted by Gasteiger charge is 2.23. The van der Waals surface area contributed by atoms with E-state index in [0.717, 1.165) is 0 Å². The minimum Gasteiger partial charge on any atom is -0.462 e. The van der Waals surface area contributed by atoms with E-state index in [0.29, 0.717) is 29.7 Å². The van der Waals surface area contributed by atoms with Crippen molar-refractivity contribution in [2.45, 2.75) is 33.6 Å². The Balaban J connectivity index is 2.75. The van der Waals surface area contributed by atoms with Crippen LogP contribution in [0.15, 0.2) is 23.0 Å². The maximum absolute atomic E-state index is 12.4. The van der Waals surface area contributed by atoms with E-state index in [4.69, 9.17) is 4.74 Å². The number of H-pyrrole nitrogens is 1. The molecule has 1 aromatic heterocycles. The highest BCUT2D eigenvalue weighted by molar-refractivity contribution is 5.97. The second kappa shape index (κ2) is 7.69. The minimum atomic E-state index is -0.618. The van der Waals surface area contributed by atoms with E-state index in [9.17, 15) is 19.7 Å². The number of esters is 1. The summed E-state index contributed by atoms with van der Waals surface area (Å²) in [6.07, 6.45) is 1.15. The molecule has 0 fully saturated rings. The molecule has 0 aliphatic rings. The summed E-state index contributed by atoms with van der Waals surface area (Å²) in [4.78, 5) is 41.5. The van der Waals surface area contributed by atoms with Gasteiger partial charge in [-0.15, -0.1) is 0 Å². The van der Waals surface area contributed by atoms with Crippen molar-refractivity contribution in [1.29, 1.82) is 0 Å². The van der Waals surface area contributed by atoms with Crippen molar-refractivity contribution in [3.63, 3.8) is 0 Å². The standard InChI is InChI=1S/C17H19N3O5/c1-4-6-12-14(16(21)25-5-2)15(19-17(22)18-12)11-8-7-10(3)13(9-11)20(23)24/h7-9H,4-6H2,1-3H3,(H,18,19,22). The zero-order chi connectivity index (χ0) is 18.6. The Morgan fingerprint density at radius 2 is 2.08 bits per heavy atom. The van der Waals surface area contributed by atoms with Gasteiger partial charge >= 0.3 is 11.7 Å². The van der Waals surface area contributed by atoms with Crippen molar-refractivity contribution in [1.82, 2.24) is 9.97 Å². The second-order valence-corrected chi connectivity index (χ2v) is 5.47. The molecule has 0 spiro atoms. The van der Waals surface area contributed by atoms with E-state index in [1.54, 1.807) is 26.0 Å². The molecule has 2 rings (SSSR count). The summed E-state index contributed by atoms with van der Waals surface area (Å²) < 4.78 is 5.08. The first-order valence-corrected chi connectivity index (χ1v) is 7.94. The lowest BCUT2D eigenvalue weighted by Crippen LogP contribution is -2.21. The molecule has 0 aliphatic carbocycles. The van der Waals surface area contributed by atoms with Crippen LogP contribution in [0.5, 0.6) is 0 Å². The molecular weight excluding hydrogens is 326 g/mol. The number of aromatic nitrogens is 2. The number of aryl methyl sites for hydroxylation is 2. The quantitative estimate of drug-likeness (QED) is 0.489. The third kappa shape index (κ3) is 3.90. The van der Waals surface area contributed by atoms with Crippen LogP contribution in [0.3, 0.4) is 0 Å². The van der Waals surface area contributed by atoms with Gasteiger partial charge < -0.3 is 9.72 Å². The van der Waals surface area contributed by atoms with Crippen molar-refractivity contribution in [2.75, 3.05) is 6.61 Å². The van der Waals surface area contributed by atoms with E-state index < -0.39 is 16.6 Å². The summed E-state index contributed by atoms with van der Waals surface area (Å²) in [7, 11) is 0. The number of benzene rings is 1. The molecule has 0 unspecified atom stereocenters. The number of nitrogens with one attached hydrogen (secondary N) is 1. The zero-order valence-corrected chi connectivity index (χ0v) is 14.3. The summed E-state index contributed by atoms with van der Waals surface area (Å²) in [6.45, 7) is 5.36. The number of aromatic amines is 1. The lowest BCUT2D eigenvalue weighted by molar-refractivity contribution is -0.385. The molecule has 1 N–H and O–H groups in total. The summed E-state index contributed by atoms with van der Waals surface area (Å²) in [6, 6.07) is 4.48. The average Bonchev–Trinajstić information content (AvgIpc) is 2.55. The molecule has 132 valence electrons. The number of nitro groups is 1. The lowest BCUT2D eigenvalue weighted by atomic mass is 10.0. The van der Waals surface area contributed by atoms with Gasteiger partial charge in [0, 0.05) is 22.9 Å².